The molecule has 0 N–H and O–H groups in total. The fraction of sp³-hybridized carbons (Fsp3) is 0.500. The third kappa shape index (κ3) is 2.20. The van der Waals surface area contributed by atoms with Crippen LogP contribution in [0.2, 0.25) is 0 Å². The molecule has 1 saturated heterocycles. The Hall–Kier alpha value is -1.91. The second-order valence-electron chi connectivity index (χ2n) is 5.32. The third-order valence-electron chi connectivity index (χ3n) is 4.06. The van der Waals surface area contributed by atoms with Crippen LogP contribution in [-0.2, 0) is 9.53 Å². The molecule has 1 spiro atoms. The van der Waals surface area contributed by atoms with Crippen LogP contribution in [-0.4, -0.2) is 29.5 Å². The standard InChI is InChI=1S/C14H16N2O3/c17-9-11-3-5-14(6-4-11)10-16(13(18)19-14)12-2-1-7-15-8-12/h1-2,7-9,11H,3-6,10H2. The number of aromatic nitrogens is 1. The number of hydrogen-bond acceptors (Lipinski definition) is 4. The SMILES string of the molecule is O=CC1CCC2(CC1)CN(c1cccnc1)C(=O)O2. The van der Waals surface area contributed by atoms with Gasteiger partial charge in [0, 0.05) is 12.1 Å². The molecule has 2 heterocycles. The van der Waals surface area contributed by atoms with Crippen molar-refractivity contribution in [1.82, 2.24) is 4.98 Å². The van der Waals surface area contributed by atoms with Crippen LogP contribution < -0.4 is 4.90 Å². The number of carbonyl (C=O) groups excluding carboxylic acids is 2. The minimum Gasteiger partial charge on any atom is -0.441 e. The Balaban J connectivity index is 1.75. The van der Waals surface area contributed by atoms with Gasteiger partial charge in [-0.25, -0.2) is 4.79 Å². The van der Waals surface area contributed by atoms with E-state index in [1.807, 2.05) is 6.07 Å². The number of hydrogen-bond donors (Lipinski definition) is 0. The van der Waals surface area contributed by atoms with E-state index < -0.39 is 5.60 Å². The Morgan fingerprint density at radius 3 is 2.84 bits per heavy atom. The van der Waals surface area contributed by atoms with Gasteiger partial charge in [-0.05, 0) is 37.8 Å². The molecule has 100 valence electrons. The van der Waals surface area contributed by atoms with Crippen LogP contribution in [0, 0.1) is 5.92 Å². The molecule has 19 heavy (non-hydrogen) atoms. The molecule has 0 bridgehead atoms. The normalized spacial score (nSPS) is 30.4. The molecular weight excluding hydrogens is 244 g/mol. The van der Waals surface area contributed by atoms with Crippen molar-refractivity contribution >= 4 is 18.1 Å². The molecule has 5 heteroatoms. The van der Waals surface area contributed by atoms with Crippen molar-refractivity contribution in [1.29, 1.82) is 0 Å². The van der Waals surface area contributed by atoms with Gasteiger partial charge in [0.05, 0.1) is 18.4 Å². The zero-order valence-electron chi connectivity index (χ0n) is 10.6. The average molecular weight is 260 g/mol. The Labute approximate surface area is 111 Å². The van der Waals surface area contributed by atoms with Crippen molar-refractivity contribution in [3.63, 3.8) is 0 Å². The summed E-state index contributed by atoms with van der Waals surface area (Å²) >= 11 is 0. The van der Waals surface area contributed by atoms with Gasteiger partial charge in [-0.2, -0.15) is 0 Å². The Morgan fingerprint density at radius 2 is 2.21 bits per heavy atom. The van der Waals surface area contributed by atoms with Crippen molar-refractivity contribution in [3.8, 4) is 0 Å². The van der Waals surface area contributed by atoms with Crippen molar-refractivity contribution in [2.24, 2.45) is 5.92 Å². The molecule has 3 rings (SSSR count). The highest BCUT2D eigenvalue weighted by atomic mass is 16.6. The number of pyridine rings is 1. The van der Waals surface area contributed by atoms with Gasteiger partial charge in [0.15, 0.2) is 0 Å². The van der Waals surface area contributed by atoms with Gasteiger partial charge in [-0.15, -0.1) is 0 Å². The van der Waals surface area contributed by atoms with Gasteiger partial charge in [-0.3, -0.25) is 9.88 Å². The fourth-order valence-electron chi connectivity index (χ4n) is 2.90. The summed E-state index contributed by atoms with van der Waals surface area (Å²) < 4.78 is 5.59. The maximum Gasteiger partial charge on any atom is 0.415 e. The number of amides is 1. The van der Waals surface area contributed by atoms with Crippen LogP contribution in [0.3, 0.4) is 0 Å². The van der Waals surface area contributed by atoms with Crippen LogP contribution in [0.4, 0.5) is 10.5 Å². The summed E-state index contributed by atoms with van der Waals surface area (Å²) in [5.74, 6) is 0.122. The van der Waals surface area contributed by atoms with Crippen LogP contribution in [0.1, 0.15) is 25.7 Å². The summed E-state index contributed by atoms with van der Waals surface area (Å²) in [5, 5.41) is 0. The number of anilines is 1. The van der Waals surface area contributed by atoms with E-state index in [-0.39, 0.29) is 12.0 Å². The van der Waals surface area contributed by atoms with E-state index in [1.54, 1.807) is 23.4 Å². The van der Waals surface area contributed by atoms with E-state index >= 15 is 0 Å². The molecule has 0 aromatic carbocycles. The number of rotatable bonds is 2. The first kappa shape index (κ1) is 12.1. The lowest BCUT2D eigenvalue weighted by atomic mass is 9.79. The van der Waals surface area contributed by atoms with Gasteiger partial charge in [0.25, 0.3) is 0 Å². The number of aldehydes is 1. The molecule has 1 saturated carbocycles. The van der Waals surface area contributed by atoms with Gasteiger partial charge in [0.2, 0.25) is 0 Å². The van der Waals surface area contributed by atoms with Crippen LogP contribution in [0.15, 0.2) is 24.5 Å². The van der Waals surface area contributed by atoms with E-state index in [2.05, 4.69) is 4.98 Å². The van der Waals surface area contributed by atoms with E-state index in [1.165, 1.54) is 0 Å². The molecule has 5 nitrogen and oxygen atoms in total. The second-order valence-corrected chi connectivity index (χ2v) is 5.32. The Bertz CT molecular complexity index is 481. The molecule has 1 aromatic rings. The molecule has 1 aromatic heterocycles. The summed E-state index contributed by atoms with van der Waals surface area (Å²) in [6.45, 7) is 0.559. The lowest BCUT2D eigenvalue weighted by Gasteiger charge is -2.33. The van der Waals surface area contributed by atoms with Crippen molar-refractivity contribution in [2.45, 2.75) is 31.3 Å². The molecule has 1 aliphatic heterocycles. The molecule has 2 fully saturated rings. The molecule has 1 aliphatic carbocycles. The first-order valence-corrected chi connectivity index (χ1v) is 6.58. The highest BCUT2D eigenvalue weighted by Crippen LogP contribution is 2.40. The molecule has 0 radical (unpaired) electrons. The zero-order valence-corrected chi connectivity index (χ0v) is 10.6. The monoisotopic (exact) mass is 260 g/mol. The number of nitrogens with zero attached hydrogens (tertiary/aromatic N) is 2. The average Bonchev–Trinajstić information content (AvgIpc) is 2.77. The largest absolute Gasteiger partial charge is 0.441 e. The van der Waals surface area contributed by atoms with Gasteiger partial charge < -0.3 is 9.53 Å². The molecular formula is C14H16N2O3. The predicted molar refractivity (Wildman–Crippen MR) is 68.8 cm³/mol. The molecule has 1 amide bonds. The van der Waals surface area contributed by atoms with Crippen LogP contribution in [0.5, 0.6) is 0 Å². The summed E-state index contributed by atoms with van der Waals surface area (Å²) in [6, 6.07) is 3.65. The molecule has 2 aliphatic rings. The maximum atomic E-state index is 12.0. The van der Waals surface area contributed by atoms with Gasteiger partial charge >= 0.3 is 6.09 Å². The highest BCUT2D eigenvalue weighted by Gasteiger charge is 2.47. The maximum absolute atomic E-state index is 12.0. The van der Waals surface area contributed by atoms with Crippen molar-refractivity contribution < 1.29 is 14.3 Å². The van der Waals surface area contributed by atoms with E-state index in [9.17, 15) is 9.59 Å². The Kier molecular flexibility index (Phi) is 2.97. The Morgan fingerprint density at radius 1 is 1.42 bits per heavy atom. The molecule has 0 unspecified atom stereocenters. The highest BCUT2D eigenvalue weighted by molar-refractivity contribution is 5.90. The predicted octanol–water partition coefficient (Wildman–Crippen LogP) is 2.17. The van der Waals surface area contributed by atoms with E-state index in [4.69, 9.17) is 4.74 Å². The summed E-state index contributed by atoms with van der Waals surface area (Å²) in [4.78, 5) is 28.5. The van der Waals surface area contributed by atoms with Crippen molar-refractivity contribution in [3.05, 3.63) is 24.5 Å². The first-order valence-electron chi connectivity index (χ1n) is 6.58. The van der Waals surface area contributed by atoms with Crippen LogP contribution >= 0.6 is 0 Å². The molecule has 0 atom stereocenters. The number of ether oxygens (including phenoxy) is 1. The minimum absolute atomic E-state index is 0.122. The summed E-state index contributed by atoms with van der Waals surface area (Å²) in [6.07, 6.45) is 7.18. The first-order chi connectivity index (χ1) is 9.22. The second kappa shape index (κ2) is 4.64. The van der Waals surface area contributed by atoms with E-state index in [0.29, 0.717) is 6.54 Å². The summed E-state index contributed by atoms with van der Waals surface area (Å²) in [5.41, 5.74) is 0.355. The summed E-state index contributed by atoms with van der Waals surface area (Å²) in [7, 11) is 0. The number of carbonyl (C=O) groups is 2. The lowest BCUT2D eigenvalue weighted by Crippen LogP contribution is -2.38. The quantitative estimate of drug-likeness (QED) is 0.765. The zero-order chi connectivity index (χ0) is 13.3. The smallest absolute Gasteiger partial charge is 0.415 e. The van der Waals surface area contributed by atoms with Gasteiger partial charge in [-0.1, -0.05) is 0 Å². The van der Waals surface area contributed by atoms with Gasteiger partial charge in [0.1, 0.15) is 11.9 Å². The third-order valence-corrected chi connectivity index (χ3v) is 4.06. The topological polar surface area (TPSA) is 59.5 Å². The van der Waals surface area contributed by atoms with Crippen LogP contribution in [0.25, 0.3) is 0 Å². The van der Waals surface area contributed by atoms with E-state index in [0.717, 1.165) is 37.7 Å². The minimum atomic E-state index is -0.410. The van der Waals surface area contributed by atoms with Crippen molar-refractivity contribution in [2.75, 3.05) is 11.4 Å². The fourth-order valence-corrected chi connectivity index (χ4v) is 2.90. The lowest BCUT2D eigenvalue weighted by molar-refractivity contribution is -0.113.